The molecule has 2 aromatic rings. The van der Waals surface area contributed by atoms with Crippen molar-refractivity contribution in [2.75, 3.05) is 0 Å². The van der Waals surface area contributed by atoms with Crippen LogP contribution in [0.4, 0.5) is 0 Å². The molecule has 2 rings (SSSR count). The van der Waals surface area contributed by atoms with E-state index in [1.54, 1.807) is 18.2 Å². The van der Waals surface area contributed by atoms with Gasteiger partial charge in [0.1, 0.15) is 5.69 Å². The Labute approximate surface area is 79.7 Å². The minimum absolute atomic E-state index is 0.0476. The molecule has 0 spiro atoms. The van der Waals surface area contributed by atoms with Crippen molar-refractivity contribution < 1.29 is 4.79 Å². The Morgan fingerprint density at radius 1 is 1.54 bits per heavy atom. The lowest BCUT2D eigenvalue weighted by molar-refractivity contribution is 0.101. The first kappa shape index (κ1) is 8.26. The minimum Gasteiger partial charge on any atom is -0.293 e. The Morgan fingerprint density at radius 3 is 3.00 bits per heavy atom. The summed E-state index contributed by atoms with van der Waals surface area (Å²) >= 11 is 5.77. The van der Waals surface area contributed by atoms with Crippen LogP contribution in [0.3, 0.4) is 0 Å². The van der Waals surface area contributed by atoms with Crippen LogP contribution in [0.2, 0.25) is 5.02 Å². The summed E-state index contributed by atoms with van der Waals surface area (Å²) in [5.74, 6) is -0.0476. The van der Waals surface area contributed by atoms with Gasteiger partial charge in [-0.15, -0.1) is 0 Å². The Bertz CT molecular complexity index is 475. The van der Waals surface area contributed by atoms with Crippen LogP contribution >= 0.6 is 11.6 Å². The van der Waals surface area contributed by atoms with E-state index in [4.69, 9.17) is 11.6 Å². The Kier molecular flexibility index (Phi) is 1.81. The summed E-state index contributed by atoms with van der Waals surface area (Å²) in [6.45, 7) is 1.49. The number of hydrogen-bond acceptors (Lipinski definition) is 2. The molecule has 3 nitrogen and oxygen atoms in total. The van der Waals surface area contributed by atoms with Crippen molar-refractivity contribution in [3.8, 4) is 0 Å². The molecule has 13 heavy (non-hydrogen) atoms. The molecule has 0 bridgehead atoms. The summed E-state index contributed by atoms with van der Waals surface area (Å²) in [6, 6.07) is 5.28. The highest BCUT2D eigenvalue weighted by atomic mass is 35.5. The molecule has 0 aliphatic heterocycles. The number of carbonyl (C=O) groups is 1. The lowest BCUT2D eigenvalue weighted by Crippen LogP contribution is -1.91. The monoisotopic (exact) mass is 194 g/mol. The maximum atomic E-state index is 11.1. The summed E-state index contributed by atoms with van der Waals surface area (Å²) in [7, 11) is 0. The first-order valence-corrected chi connectivity index (χ1v) is 4.21. The van der Waals surface area contributed by atoms with E-state index in [9.17, 15) is 4.79 Å². The Balaban J connectivity index is 2.76. The van der Waals surface area contributed by atoms with Crippen LogP contribution in [0.25, 0.3) is 10.9 Å². The Hall–Kier alpha value is -1.35. The summed E-state index contributed by atoms with van der Waals surface area (Å²) in [4.78, 5) is 11.1. The molecular formula is C9H7ClN2O. The zero-order valence-electron chi connectivity index (χ0n) is 6.97. The van der Waals surface area contributed by atoms with Gasteiger partial charge < -0.3 is 0 Å². The molecule has 1 aromatic carbocycles. The standard InChI is InChI=1S/C9H7ClN2O/c1-5(13)9-7-3-2-6(10)4-8(7)11-12-9/h2-4H,1H3,(H,11,12). The van der Waals surface area contributed by atoms with Gasteiger partial charge in [0.25, 0.3) is 0 Å². The molecule has 1 heterocycles. The van der Waals surface area contributed by atoms with Gasteiger partial charge in [0.15, 0.2) is 5.78 Å². The third-order valence-corrected chi connectivity index (χ3v) is 2.09. The van der Waals surface area contributed by atoms with Crippen molar-refractivity contribution in [1.29, 1.82) is 0 Å². The van der Waals surface area contributed by atoms with Gasteiger partial charge in [0.2, 0.25) is 0 Å². The lowest BCUT2D eigenvalue weighted by Gasteiger charge is -1.91. The third-order valence-electron chi connectivity index (χ3n) is 1.86. The maximum Gasteiger partial charge on any atom is 0.180 e. The van der Waals surface area contributed by atoms with E-state index in [0.717, 1.165) is 10.9 Å². The number of benzene rings is 1. The van der Waals surface area contributed by atoms with E-state index in [1.807, 2.05) is 0 Å². The van der Waals surface area contributed by atoms with Crippen LogP contribution in [-0.4, -0.2) is 16.0 Å². The van der Waals surface area contributed by atoms with Crippen molar-refractivity contribution in [2.45, 2.75) is 6.92 Å². The van der Waals surface area contributed by atoms with Crippen LogP contribution in [0.15, 0.2) is 18.2 Å². The number of H-pyrrole nitrogens is 1. The predicted molar refractivity (Wildman–Crippen MR) is 51.1 cm³/mol. The summed E-state index contributed by atoms with van der Waals surface area (Å²) in [6.07, 6.45) is 0. The molecule has 0 unspecified atom stereocenters. The smallest absolute Gasteiger partial charge is 0.180 e. The number of halogens is 1. The van der Waals surface area contributed by atoms with Crippen LogP contribution in [0.1, 0.15) is 17.4 Å². The van der Waals surface area contributed by atoms with E-state index in [0.29, 0.717) is 10.7 Å². The fourth-order valence-electron chi connectivity index (χ4n) is 1.26. The first-order chi connectivity index (χ1) is 6.18. The molecule has 66 valence electrons. The molecule has 0 aliphatic rings. The average molecular weight is 195 g/mol. The molecule has 0 radical (unpaired) electrons. The van der Waals surface area contributed by atoms with Crippen molar-refractivity contribution in [2.24, 2.45) is 0 Å². The molecular weight excluding hydrogens is 188 g/mol. The van der Waals surface area contributed by atoms with Crippen LogP contribution < -0.4 is 0 Å². The van der Waals surface area contributed by atoms with Crippen LogP contribution in [0.5, 0.6) is 0 Å². The fraction of sp³-hybridized carbons (Fsp3) is 0.111. The van der Waals surface area contributed by atoms with Gasteiger partial charge in [-0.05, 0) is 18.2 Å². The molecule has 4 heteroatoms. The molecule has 0 amide bonds. The summed E-state index contributed by atoms with van der Waals surface area (Å²) < 4.78 is 0. The molecule has 0 saturated carbocycles. The van der Waals surface area contributed by atoms with Crippen LogP contribution in [0, 0.1) is 0 Å². The van der Waals surface area contributed by atoms with Crippen molar-refractivity contribution in [3.63, 3.8) is 0 Å². The van der Waals surface area contributed by atoms with Crippen molar-refractivity contribution in [1.82, 2.24) is 10.2 Å². The topological polar surface area (TPSA) is 45.8 Å². The number of nitrogens with zero attached hydrogens (tertiary/aromatic N) is 1. The van der Waals surface area contributed by atoms with Crippen molar-refractivity contribution >= 4 is 28.3 Å². The molecule has 0 fully saturated rings. The van der Waals surface area contributed by atoms with E-state index in [1.165, 1.54) is 6.92 Å². The normalized spacial score (nSPS) is 10.6. The van der Waals surface area contributed by atoms with Crippen molar-refractivity contribution in [3.05, 3.63) is 28.9 Å². The number of rotatable bonds is 1. The number of hydrogen-bond donors (Lipinski definition) is 1. The second-order valence-corrected chi connectivity index (χ2v) is 3.25. The number of fused-ring (bicyclic) bond motifs is 1. The van der Waals surface area contributed by atoms with Gasteiger partial charge in [0, 0.05) is 17.3 Å². The van der Waals surface area contributed by atoms with Gasteiger partial charge in [-0.1, -0.05) is 11.6 Å². The number of ketones is 1. The number of aromatic nitrogens is 2. The zero-order valence-corrected chi connectivity index (χ0v) is 7.72. The fourth-order valence-corrected chi connectivity index (χ4v) is 1.43. The Morgan fingerprint density at radius 2 is 2.31 bits per heavy atom. The molecule has 0 atom stereocenters. The summed E-state index contributed by atoms with van der Waals surface area (Å²) in [5, 5.41) is 8.11. The highest BCUT2D eigenvalue weighted by Crippen LogP contribution is 2.20. The van der Waals surface area contributed by atoms with Gasteiger partial charge in [-0.3, -0.25) is 9.89 Å². The van der Waals surface area contributed by atoms with Crippen LogP contribution in [-0.2, 0) is 0 Å². The minimum atomic E-state index is -0.0476. The van der Waals surface area contributed by atoms with Gasteiger partial charge in [-0.2, -0.15) is 5.10 Å². The predicted octanol–water partition coefficient (Wildman–Crippen LogP) is 2.42. The number of nitrogens with one attached hydrogen (secondary N) is 1. The highest BCUT2D eigenvalue weighted by Gasteiger charge is 2.09. The number of Topliss-reactive ketones (excluding diaryl/α,β-unsaturated/α-hetero) is 1. The van der Waals surface area contributed by atoms with E-state index < -0.39 is 0 Å². The second kappa shape index (κ2) is 2.85. The molecule has 0 aliphatic carbocycles. The van der Waals surface area contributed by atoms with Gasteiger partial charge in [0.05, 0.1) is 5.52 Å². The van der Waals surface area contributed by atoms with E-state index >= 15 is 0 Å². The maximum absolute atomic E-state index is 11.1. The first-order valence-electron chi connectivity index (χ1n) is 3.83. The zero-order chi connectivity index (χ0) is 9.42. The van der Waals surface area contributed by atoms with E-state index in [2.05, 4.69) is 10.2 Å². The third kappa shape index (κ3) is 1.31. The molecule has 0 saturated heterocycles. The molecule has 1 N–H and O–H groups in total. The molecule has 1 aromatic heterocycles. The highest BCUT2D eigenvalue weighted by molar-refractivity contribution is 6.31. The van der Waals surface area contributed by atoms with Gasteiger partial charge >= 0.3 is 0 Å². The SMILES string of the molecule is CC(=O)c1n[nH]c2cc(Cl)ccc12. The number of carbonyl (C=O) groups excluding carboxylic acids is 1. The van der Waals surface area contributed by atoms with E-state index in [-0.39, 0.29) is 5.78 Å². The largest absolute Gasteiger partial charge is 0.293 e. The second-order valence-electron chi connectivity index (χ2n) is 2.82. The quantitative estimate of drug-likeness (QED) is 0.709. The van der Waals surface area contributed by atoms with Gasteiger partial charge in [-0.25, -0.2) is 0 Å². The number of aromatic amines is 1. The summed E-state index contributed by atoms with van der Waals surface area (Å²) in [5.41, 5.74) is 1.25. The average Bonchev–Trinajstić information content (AvgIpc) is 2.46. The lowest BCUT2D eigenvalue weighted by atomic mass is 10.2.